The summed E-state index contributed by atoms with van der Waals surface area (Å²) in [6.07, 6.45) is 0. The standard InChI is InChI=1S/C18H23O4P/c1-4-21-23(22-5-2)18(14-10-6-8-12-16(14)19)15-11-7-9-13-17(15)20-3/h6-13,18-19H,4-5H2,1-3H3. The molecular formula is C18H23O4P. The minimum atomic E-state index is -1.25. The van der Waals surface area contributed by atoms with Gasteiger partial charge in [-0.15, -0.1) is 0 Å². The predicted octanol–water partition coefficient (Wildman–Crippen LogP) is 4.88. The molecule has 1 atom stereocenters. The molecule has 0 saturated carbocycles. The van der Waals surface area contributed by atoms with Gasteiger partial charge in [0.2, 0.25) is 0 Å². The molecular weight excluding hydrogens is 311 g/mol. The highest BCUT2D eigenvalue weighted by molar-refractivity contribution is 7.48. The molecule has 2 aromatic carbocycles. The van der Waals surface area contributed by atoms with Crippen LogP contribution in [0.15, 0.2) is 48.5 Å². The lowest BCUT2D eigenvalue weighted by atomic mass is 10.0. The van der Waals surface area contributed by atoms with Gasteiger partial charge in [0.15, 0.2) is 8.38 Å². The van der Waals surface area contributed by atoms with E-state index in [1.54, 1.807) is 13.2 Å². The summed E-state index contributed by atoms with van der Waals surface area (Å²) in [5.74, 6) is 0.989. The van der Waals surface area contributed by atoms with Crippen LogP contribution in [0.25, 0.3) is 0 Å². The van der Waals surface area contributed by atoms with E-state index in [1.165, 1.54) is 0 Å². The molecule has 1 N–H and O–H groups in total. The van der Waals surface area contributed by atoms with Gasteiger partial charge in [-0.3, -0.25) is 0 Å². The number of benzene rings is 2. The third-order valence-corrected chi connectivity index (χ3v) is 5.39. The second kappa shape index (κ2) is 8.88. The zero-order valence-corrected chi connectivity index (χ0v) is 14.6. The largest absolute Gasteiger partial charge is 0.508 e. The summed E-state index contributed by atoms with van der Waals surface area (Å²) < 4.78 is 17.3. The van der Waals surface area contributed by atoms with Crippen molar-refractivity contribution in [3.8, 4) is 11.5 Å². The zero-order valence-electron chi connectivity index (χ0n) is 13.7. The van der Waals surface area contributed by atoms with Crippen molar-refractivity contribution in [3.05, 3.63) is 59.7 Å². The van der Waals surface area contributed by atoms with Crippen LogP contribution in [0.2, 0.25) is 0 Å². The Balaban J connectivity index is 2.56. The first kappa shape index (κ1) is 17.7. The van der Waals surface area contributed by atoms with E-state index < -0.39 is 8.38 Å². The van der Waals surface area contributed by atoms with E-state index in [-0.39, 0.29) is 11.4 Å². The van der Waals surface area contributed by atoms with E-state index in [0.717, 1.165) is 16.9 Å². The van der Waals surface area contributed by atoms with Crippen LogP contribution in [0.3, 0.4) is 0 Å². The molecule has 0 aliphatic carbocycles. The van der Waals surface area contributed by atoms with E-state index in [0.29, 0.717) is 13.2 Å². The van der Waals surface area contributed by atoms with Gasteiger partial charge in [0.25, 0.3) is 0 Å². The van der Waals surface area contributed by atoms with Crippen LogP contribution in [-0.2, 0) is 9.05 Å². The first-order chi connectivity index (χ1) is 11.2. The Morgan fingerprint density at radius 3 is 2.04 bits per heavy atom. The number of ether oxygens (including phenoxy) is 1. The SMILES string of the molecule is CCOP(OCC)C(c1ccccc1O)c1ccccc1OC. The van der Waals surface area contributed by atoms with Gasteiger partial charge in [0.1, 0.15) is 11.5 Å². The number of aromatic hydroxyl groups is 1. The Kier molecular flexibility index (Phi) is 6.85. The van der Waals surface area contributed by atoms with Crippen molar-refractivity contribution in [1.82, 2.24) is 0 Å². The van der Waals surface area contributed by atoms with Gasteiger partial charge >= 0.3 is 0 Å². The average Bonchev–Trinajstić information content (AvgIpc) is 2.57. The molecule has 0 fully saturated rings. The van der Waals surface area contributed by atoms with E-state index in [9.17, 15) is 5.11 Å². The number of hydrogen-bond acceptors (Lipinski definition) is 4. The number of para-hydroxylation sites is 2. The minimum Gasteiger partial charge on any atom is -0.508 e. The van der Waals surface area contributed by atoms with Crippen LogP contribution in [0.5, 0.6) is 11.5 Å². The van der Waals surface area contributed by atoms with Gasteiger partial charge in [-0.25, -0.2) is 0 Å². The third-order valence-electron chi connectivity index (χ3n) is 3.39. The molecule has 0 aliphatic rings. The van der Waals surface area contributed by atoms with Crippen LogP contribution in [0.1, 0.15) is 30.6 Å². The van der Waals surface area contributed by atoms with Gasteiger partial charge in [0.05, 0.1) is 26.0 Å². The third kappa shape index (κ3) is 4.23. The Morgan fingerprint density at radius 1 is 0.913 bits per heavy atom. The van der Waals surface area contributed by atoms with E-state index in [1.807, 2.05) is 56.3 Å². The van der Waals surface area contributed by atoms with Gasteiger partial charge in [-0.2, -0.15) is 0 Å². The number of phenols is 1. The minimum absolute atomic E-state index is 0.220. The second-order valence-corrected chi connectivity index (χ2v) is 6.43. The highest BCUT2D eigenvalue weighted by Gasteiger charge is 2.31. The molecule has 0 saturated heterocycles. The molecule has 0 amide bonds. The van der Waals surface area contributed by atoms with Crippen LogP contribution in [0, 0.1) is 0 Å². The lowest BCUT2D eigenvalue weighted by Gasteiger charge is -2.28. The molecule has 2 aromatic rings. The molecule has 124 valence electrons. The fourth-order valence-electron chi connectivity index (χ4n) is 2.45. The molecule has 0 bridgehead atoms. The normalized spacial score (nSPS) is 12.3. The lowest BCUT2D eigenvalue weighted by molar-refractivity contribution is 0.264. The van der Waals surface area contributed by atoms with Crippen molar-refractivity contribution in [3.63, 3.8) is 0 Å². The summed E-state index contributed by atoms with van der Waals surface area (Å²) in [5, 5.41) is 10.3. The maximum Gasteiger partial charge on any atom is 0.183 e. The number of hydrogen-bond donors (Lipinski definition) is 1. The van der Waals surface area contributed by atoms with E-state index in [4.69, 9.17) is 13.8 Å². The summed E-state index contributed by atoms with van der Waals surface area (Å²) in [6.45, 7) is 4.98. The second-order valence-electron chi connectivity index (χ2n) is 4.82. The zero-order chi connectivity index (χ0) is 16.7. The molecule has 4 nitrogen and oxygen atoms in total. The fourth-order valence-corrected chi connectivity index (χ4v) is 4.21. The van der Waals surface area contributed by atoms with Gasteiger partial charge < -0.3 is 18.9 Å². The molecule has 0 spiro atoms. The molecule has 0 aliphatic heterocycles. The highest BCUT2D eigenvalue weighted by atomic mass is 31.2. The van der Waals surface area contributed by atoms with Gasteiger partial charge in [-0.05, 0) is 26.0 Å². The van der Waals surface area contributed by atoms with Gasteiger partial charge in [0, 0.05) is 11.1 Å². The van der Waals surface area contributed by atoms with Crippen molar-refractivity contribution >= 4 is 8.38 Å². The predicted molar refractivity (Wildman–Crippen MR) is 93.1 cm³/mol. The summed E-state index contributed by atoms with van der Waals surface area (Å²) in [4.78, 5) is 0. The molecule has 0 aromatic heterocycles. The summed E-state index contributed by atoms with van der Waals surface area (Å²) in [7, 11) is 0.388. The average molecular weight is 334 g/mol. The molecule has 5 heteroatoms. The fraction of sp³-hybridized carbons (Fsp3) is 0.333. The molecule has 2 rings (SSSR count). The first-order valence-electron chi connectivity index (χ1n) is 7.68. The van der Waals surface area contributed by atoms with Crippen LogP contribution in [0.4, 0.5) is 0 Å². The maximum atomic E-state index is 10.3. The van der Waals surface area contributed by atoms with Crippen LogP contribution < -0.4 is 4.74 Å². The smallest absolute Gasteiger partial charge is 0.183 e. The number of rotatable bonds is 8. The van der Waals surface area contributed by atoms with Crippen LogP contribution in [-0.4, -0.2) is 25.4 Å². The lowest BCUT2D eigenvalue weighted by Crippen LogP contribution is -2.06. The Bertz CT molecular complexity index is 611. The maximum absolute atomic E-state index is 10.3. The van der Waals surface area contributed by atoms with E-state index >= 15 is 0 Å². The quantitative estimate of drug-likeness (QED) is 0.699. The number of phenolic OH excluding ortho intramolecular Hbond substituents is 1. The Labute approximate surface area is 138 Å². The van der Waals surface area contributed by atoms with Crippen molar-refractivity contribution in [2.24, 2.45) is 0 Å². The van der Waals surface area contributed by atoms with Crippen LogP contribution >= 0.6 is 8.38 Å². The van der Waals surface area contributed by atoms with Crippen molar-refractivity contribution in [1.29, 1.82) is 0 Å². The topological polar surface area (TPSA) is 47.9 Å². The summed E-state index contributed by atoms with van der Waals surface area (Å²) >= 11 is 0. The highest BCUT2D eigenvalue weighted by Crippen LogP contribution is 2.59. The molecule has 23 heavy (non-hydrogen) atoms. The van der Waals surface area contributed by atoms with Crippen molar-refractivity contribution in [2.75, 3.05) is 20.3 Å². The first-order valence-corrected chi connectivity index (χ1v) is 8.93. The van der Waals surface area contributed by atoms with Crippen molar-refractivity contribution < 1.29 is 18.9 Å². The summed E-state index contributed by atoms with van der Waals surface area (Å²) in [5.41, 5.74) is 1.51. The molecule has 1 unspecified atom stereocenters. The monoisotopic (exact) mass is 334 g/mol. The summed E-state index contributed by atoms with van der Waals surface area (Å²) in [6, 6.07) is 15.1. The number of methoxy groups -OCH3 is 1. The van der Waals surface area contributed by atoms with Crippen molar-refractivity contribution in [2.45, 2.75) is 19.5 Å². The molecule has 0 radical (unpaired) electrons. The van der Waals surface area contributed by atoms with E-state index in [2.05, 4.69) is 0 Å². The van der Waals surface area contributed by atoms with Gasteiger partial charge in [-0.1, -0.05) is 36.4 Å². The molecule has 0 heterocycles. The Morgan fingerprint density at radius 2 is 1.48 bits per heavy atom. The Hall–Kier alpha value is -1.61.